The van der Waals surface area contributed by atoms with Gasteiger partial charge in [0.05, 0.1) is 18.5 Å². The van der Waals surface area contributed by atoms with Gasteiger partial charge in [0.1, 0.15) is 24.1 Å². The molecule has 1 aliphatic rings. The van der Waals surface area contributed by atoms with Crippen molar-refractivity contribution in [3.8, 4) is 0 Å². The number of aliphatic hydroxyl groups excluding tert-OH is 1. The lowest BCUT2D eigenvalue weighted by Crippen LogP contribution is -2.37. The molecule has 1 saturated heterocycles. The molecule has 5 atom stereocenters. The molecule has 0 aliphatic carbocycles. The number of aromatic nitrogens is 4. The first-order valence-electron chi connectivity index (χ1n) is 12.2. The number of hydrogen-bond acceptors (Lipinski definition) is 13. The fourth-order valence-corrected chi connectivity index (χ4v) is 6.65. The number of rotatable bonds is 10. The molecule has 0 amide bonds. The number of ketones is 1. The fraction of sp³-hybridized carbons (Fsp3) is 0.208. The second kappa shape index (κ2) is 12.3. The average molecular weight is 651 g/mol. The average Bonchev–Trinajstić information content (AvgIpc) is 3.52. The lowest BCUT2D eigenvalue weighted by molar-refractivity contribution is -0.0557. The van der Waals surface area contributed by atoms with E-state index in [1.54, 1.807) is 30.3 Å². The molecule has 43 heavy (non-hydrogen) atoms. The highest BCUT2D eigenvalue weighted by molar-refractivity contribution is 8.08. The zero-order valence-electron chi connectivity index (χ0n) is 21.7. The maximum Gasteiger partial charge on any atom is 0.479 e. The van der Waals surface area contributed by atoms with E-state index < -0.39 is 51.7 Å². The number of phosphoric acid groups is 1. The summed E-state index contributed by atoms with van der Waals surface area (Å²) in [6, 6.07) is 14.2. The molecule has 0 spiro atoms. The zero-order valence-corrected chi connectivity index (χ0v) is 24.3. The van der Waals surface area contributed by atoms with Gasteiger partial charge in [-0.25, -0.2) is 28.6 Å². The predicted molar refractivity (Wildman–Crippen MR) is 151 cm³/mol. The number of benzene rings is 2. The van der Waals surface area contributed by atoms with Crippen LogP contribution >= 0.6 is 14.5 Å². The van der Waals surface area contributed by atoms with Gasteiger partial charge >= 0.3 is 20.5 Å². The quantitative estimate of drug-likeness (QED) is 0.0926. The molecular formula is C24H23N5O11P2S. The molecule has 0 radical (unpaired) electrons. The number of anilines is 1. The Hall–Kier alpha value is -3.47. The Bertz CT molecular complexity index is 1750. The largest absolute Gasteiger partial charge is 0.479 e. The molecule has 1 unspecified atom stereocenters. The summed E-state index contributed by atoms with van der Waals surface area (Å²) >= 11 is 4.19. The van der Waals surface area contributed by atoms with Crippen LogP contribution in [-0.2, 0) is 34.7 Å². The van der Waals surface area contributed by atoms with E-state index in [0.29, 0.717) is 11.1 Å². The van der Waals surface area contributed by atoms with Gasteiger partial charge in [0.25, 0.3) is 0 Å². The molecule has 226 valence electrons. The molecule has 2 aromatic carbocycles. The Morgan fingerprint density at radius 1 is 1.00 bits per heavy atom. The third kappa shape index (κ3) is 7.03. The molecule has 3 heterocycles. The van der Waals surface area contributed by atoms with Gasteiger partial charge < -0.3 is 35.0 Å². The van der Waals surface area contributed by atoms with Gasteiger partial charge in [-0.1, -0.05) is 42.5 Å². The van der Waals surface area contributed by atoms with E-state index in [1.165, 1.54) is 35.2 Å². The number of esters is 1. The first kappa shape index (κ1) is 31.0. The van der Waals surface area contributed by atoms with Gasteiger partial charge in [0, 0.05) is 11.1 Å². The van der Waals surface area contributed by atoms with Crippen molar-refractivity contribution in [1.29, 1.82) is 0 Å². The third-order valence-corrected chi connectivity index (χ3v) is 9.00. The molecule has 6 N–H and O–H groups in total. The van der Waals surface area contributed by atoms with Crippen LogP contribution in [0.15, 0.2) is 67.3 Å². The second-order valence-corrected chi connectivity index (χ2v) is 13.4. The van der Waals surface area contributed by atoms with Crippen molar-refractivity contribution in [3.63, 3.8) is 0 Å². The van der Waals surface area contributed by atoms with Gasteiger partial charge in [-0.05, 0) is 23.9 Å². The number of nitrogens with zero attached hydrogens (tertiary/aromatic N) is 4. The van der Waals surface area contributed by atoms with E-state index in [0.717, 1.165) is 6.33 Å². The van der Waals surface area contributed by atoms with Crippen molar-refractivity contribution < 1.29 is 52.2 Å². The molecule has 1 fully saturated rings. The van der Waals surface area contributed by atoms with Crippen LogP contribution in [0.5, 0.6) is 0 Å². The van der Waals surface area contributed by atoms with Crippen molar-refractivity contribution in [1.82, 2.24) is 19.5 Å². The van der Waals surface area contributed by atoms with Crippen LogP contribution in [-0.4, -0.2) is 76.0 Å². The normalized spacial score (nSPS) is 21.9. The summed E-state index contributed by atoms with van der Waals surface area (Å²) in [6.07, 6.45) is -3.41. The number of fused-ring (bicyclic) bond motifs is 1. The van der Waals surface area contributed by atoms with E-state index in [-0.39, 0.29) is 28.3 Å². The number of imidazole rings is 1. The fourth-order valence-electron chi connectivity index (χ4n) is 4.29. The smallest absolute Gasteiger partial charge is 0.451 e. The molecule has 16 nitrogen and oxygen atoms in total. The lowest BCUT2D eigenvalue weighted by atomic mass is 10.0. The molecule has 5 rings (SSSR count). The minimum absolute atomic E-state index is 0.0437. The summed E-state index contributed by atoms with van der Waals surface area (Å²) in [4.78, 5) is 66.2. The van der Waals surface area contributed by atoms with Crippen LogP contribution in [0.1, 0.15) is 32.5 Å². The van der Waals surface area contributed by atoms with Crippen LogP contribution in [0.4, 0.5) is 5.82 Å². The van der Waals surface area contributed by atoms with Crippen molar-refractivity contribution in [2.24, 2.45) is 0 Å². The molecule has 1 aliphatic heterocycles. The summed E-state index contributed by atoms with van der Waals surface area (Å²) < 4.78 is 33.7. The van der Waals surface area contributed by atoms with Gasteiger partial charge in [-0.15, -0.1) is 0 Å². The summed E-state index contributed by atoms with van der Waals surface area (Å²) in [7, 11) is -5.09. The van der Waals surface area contributed by atoms with Crippen LogP contribution < -0.4 is 5.73 Å². The molecule has 2 aromatic heterocycles. The molecule has 0 saturated carbocycles. The van der Waals surface area contributed by atoms with Crippen LogP contribution in [0.3, 0.4) is 0 Å². The number of ether oxygens (including phenoxy) is 2. The monoisotopic (exact) mass is 651 g/mol. The highest BCUT2D eigenvalue weighted by Gasteiger charge is 2.49. The van der Waals surface area contributed by atoms with E-state index in [4.69, 9.17) is 19.7 Å². The summed E-state index contributed by atoms with van der Waals surface area (Å²) in [6.45, 7) is -5.40. The van der Waals surface area contributed by atoms with E-state index >= 15 is 0 Å². The maximum absolute atomic E-state index is 13.2. The number of carbonyl (C=O) groups excluding carboxylic acids is 2. The third-order valence-electron chi connectivity index (χ3n) is 6.25. The first-order chi connectivity index (χ1) is 20.3. The van der Waals surface area contributed by atoms with Crippen LogP contribution in [0.25, 0.3) is 11.2 Å². The van der Waals surface area contributed by atoms with Gasteiger partial charge in [-0.2, -0.15) is 0 Å². The van der Waals surface area contributed by atoms with Crippen molar-refractivity contribution in [3.05, 3.63) is 83.9 Å². The predicted octanol–water partition coefficient (Wildman–Crippen LogP) is 1.47. The van der Waals surface area contributed by atoms with Crippen LogP contribution in [0, 0.1) is 0 Å². The van der Waals surface area contributed by atoms with E-state index in [9.17, 15) is 33.9 Å². The number of carbonyl (C=O) groups is 2. The highest BCUT2D eigenvalue weighted by atomic mass is 32.5. The number of aliphatic hydroxyl groups is 1. The lowest BCUT2D eigenvalue weighted by Gasteiger charge is -2.22. The Morgan fingerprint density at radius 2 is 1.65 bits per heavy atom. The number of nitrogen functional groups attached to an aromatic ring is 1. The molecule has 0 bridgehead atoms. The molecular weight excluding hydrogens is 628 g/mol. The van der Waals surface area contributed by atoms with Crippen molar-refractivity contribution >= 4 is 55.1 Å². The van der Waals surface area contributed by atoms with Crippen molar-refractivity contribution in [2.75, 3.05) is 12.3 Å². The van der Waals surface area contributed by atoms with Gasteiger partial charge in [-0.3, -0.25) is 13.9 Å². The minimum atomic E-state index is -5.09. The molecule has 4 aromatic rings. The Balaban J connectivity index is 1.38. The Morgan fingerprint density at radius 3 is 2.33 bits per heavy atom. The number of hydrogen-bond donors (Lipinski definition) is 5. The summed E-state index contributed by atoms with van der Waals surface area (Å²) in [5.74, 6) is -1.10. The SMILES string of the molecule is Nc1ncnc2c1ncn2[C@@H]1O[C@H](COP(=O)(O)OP(O)(O)=S)[C@@H](O)[C@H]1OC(=O)c1ccc(C(=O)c2ccccc2)cc1. The number of phosphoric ester groups is 1. The van der Waals surface area contributed by atoms with E-state index in [2.05, 4.69) is 31.1 Å². The topological polar surface area (TPSA) is 239 Å². The highest BCUT2D eigenvalue weighted by Crippen LogP contribution is 2.58. The standard InChI is InChI=1S/C24H23N5O11P2S/c25-21-17-22(27-11-26-21)29(12-28-17)23-20(19(31)16(38-23)10-37-41(33,34)40-42(35,36)43)39-24(32)15-8-6-14(7-9-15)18(30)13-4-2-1-3-5-13/h1-9,11-12,16,19-20,23,31H,10H2,(H,33,34)(H2,25,26,27)(H2,35,36,43)/t16-,19-,20-,23-/m1/s1. The summed E-state index contributed by atoms with van der Waals surface area (Å²) in [5, 5.41) is 11.1. The minimum Gasteiger partial charge on any atom is -0.451 e. The van der Waals surface area contributed by atoms with Gasteiger partial charge in [0.15, 0.2) is 29.6 Å². The Labute approximate surface area is 247 Å². The zero-order chi connectivity index (χ0) is 30.9. The molecule has 19 heteroatoms. The number of nitrogens with two attached hydrogens (primary N) is 1. The summed E-state index contributed by atoms with van der Waals surface area (Å²) in [5.41, 5.74) is 7.05. The van der Waals surface area contributed by atoms with Crippen LogP contribution in [0.2, 0.25) is 0 Å². The second-order valence-electron chi connectivity index (χ2n) is 9.12. The Kier molecular flexibility index (Phi) is 8.83. The van der Waals surface area contributed by atoms with Crippen molar-refractivity contribution in [2.45, 2.75) is 24.5 Å². The first-order valence-corrected chi connectivity index (χ1v) is 16.4. The van der Waals surface area contributed by atoms with E-state index in [1.807, 2.05) is 0 Å². The van der Waals surface area contributed by atoms with Gasteiger partial charge in [0.2, 0.25) is 0 Å². The maximum atomic E-state index is 13.2.